The standard InChI is InChI=1S/C29H41N5O/c1-21-9-10-24(22(2)19-21)15-16-31-28(35)25-11-13-27(14-12-25)33-29(32-26-7-5-4-6-8-26)34-18-17-30-23(3)20-34/h9-14,19,23,26,30H,4-8,15-18,20H2,1-3H3,(H,31,35)(H,32,33)/t23-/m0/s1. The van der Waals surface area contributed by atoms with Crippen molar-refractivity contribution in [3.05, 3.63) is 64.7 Å². The molecule has 6 heteroatoms. The summed E-state index contributed by atoms with van der Waals surface area (Å²) >= 11 is 0. The van der Waals surface area contributed by atoms with Crippen LogP contribution >= 0.6 is 0 Å². The smallest absolute Gasteiger partial charge is 0.251 e. The van der Waals surface area contributed by atoms with Gasteiger partial charge in [-0.25, -0.2) is 4.99 Å². The summed E-state index contributed by atoms with van der Waals surface area (Å²) in [7, 11) is 0. The Hall–Kier alpha value is -2.86. The maximum atomic E-state index is 12.7. The Bertz CT molecular complexity index is 1010. The van der Waals surface area contributed by atoms with Gasteiger partial charge in [-0.2, -0.15) is 0 Å². The van der Waals surface area contributed by atoms with Crippen LogP contribution in [-0.4, -0.2) is 55.0 Å². The first kappa shape index (κ1) is 25.2. The van der Waals surface area contributed by atoms with Crippen LogP contribution in [0.4, 0.5) is 5.69 Å². The minimum Gasteiger partial charge on any atom is -0.352 e. The number of hydrogen-bond acceptors (Lipinski definition) is 3. The van der Waals surface area contributed by atoms with Crippen LogP contribution in [0.2, 0.25) is 0 Å². The normalized spacial score (nSPS) is 19.5. The first-order valence-corrected chi connectivity index (χ1v) is 13.3. The summed E-state index contributed by atoms with van der Waals surface area (Å²) in [5.41, 5.74) is 5.47. The van der Waals surface area contributed by atoms with Gasteiger partial charge in [-0.1, -0.05) is 43.0 Å². The third-order valence-corrected chi connectivity index (χ3v) is 7.13. The number of aliphatic imine (C=N–C) groups is 1. The molecule has 1 atom stereocenters. The molecule has 1 amide bonds. The van der Waals surface area contributed by atoms with Gasteiger partial charge in [-0.3, -0.25) is 4.79 Å². The number of carbonyl (C=O) groups excluding carboxylic acids is 1. The van der Waals surface area contributed by atoms with Gasteiger partial charge in [-0.05, 0) is 75.4 Å². The van der Waals surface area contributed by atoms with Crippen molar-refractivity contribution < 1.29 is 4.79 Å². The molecule has 0 bridgehead atoms. The lowest BCUT2D eigenvalue weighted by atomic mass is 9.96. The van der Waals surface area contributed by atoms with E-state index < -0.39 is 0 Å². The monoisotopic (exact) mass is 475 g/mol. The van der Waals surface area contributed by atoms with Crippen LogP contribution in [0.1, 0.15) is 66.1 Å². The number of aryl methyl sites for hydroxylation is 2. The number of amides is 1. The van der Waals surface area contributed by atoms with Crippen LogP contribution in [0.5, 0.6) is 0 Å². The Morgan fingerprint density at radius 3 is 2.57 bits per heavy atom. The molecule has 3 N–H and O–H groups in total. The van der Waals surface area contributed by atoms with Gasteiger partial charge in [0.25, 0.3) is 5.91 Å². The van der Waals surface area contributed by atoms with Gasteiger partial charge in [0.1, 0.15) is 0 Å². The van der Waals surface area contributed by atoms with Gasteiger partial charge in [0.15, 0.2) is 5.96 Å². The van der Waals surface area contributed by atoms with E-state index in [4.69, 9.17) is 4.99 Å². The maximum absolute atomic E-state index is 12.7. The second-order valence-electron chi connectivity index (χ2n) is 10.2. The van der Waals surface area contributed by atoms with Crippen molar-refractivity contribution in [2.75, 3.05) is 31.5 Å². The highest BCUT2D eigenvalue weighted by Crippen LogP contribution is 2.21. The molecule has 0 aromatic heterocycles. The number of anilines is 1. The van der Waals surface area contributed by atoms with Gasteiger partial charge in [0.2, 0.25) is 0 Å². The van der Waals surface area contributed by atoms with E-state index >= 15 is 0 Å². The number of hydrogen-bond donors (Lipinski definition) is 3. The molecule has 1 aliphatic carbocycles. The van der Waals surface area contributed by atoms with E-state index in [9.17, 15) is 4.79 Å². The molecule has 188 valence electrons. The number of carbonyl (C=O) groups is 1. The van der Waals surface area contributed by atoms with E-state index in [0.717, 1.165) is 37.7 Å². The van der Waals surface area contributed by atoms with E-state index in [-0.39, 0.29) is 5.91 Å². The highest BCUT2D eigenvalue weighted by Gasteiger charge is 2.21. The minimum atomic E-state index is -0.0339. The van der Waals surface area contributed by atoms with Crippen LogP contribution < -0.4 is 16.0 Å². The molecule has 1 heterocycles. The second kappa shape index (κ2) is 12.2. The molecule has 0 spiro atoms. The fourth-order valence-electron chi connectivity index (χ4n) is 5.07. The SMILES string of the molecule is Cc1ccc(CCNC(=O)c2ccc(N/C(=N/C3CCCCC3)N3CCN[C@@H](C)C3)cc2)c(C)c1. The van der Waals surface area contributed by atoms with Crippen LogP contribution in [0, 0.1) is 13.8 Å². The highest BCUT2D eigenvalue weighted by molar-refractivity contribution is 5.96. The molecule has 2 fully saturated rings. The molecule has 2 aliphatic rings. The summed E-state index contributed by atoms with van der Waals surface area (Å²) in [5, 5.41) is 10.2. The van der Waals surface area contributed by atoms with Crippen LogP contribution in [0.25, 0.3) is 0 Å². The molecular formula is C29H41N5O. The number of guanidine groups is 1. The number of nitrogens with zero attached hydrogens (tertiary/aromatic N) is 2. The lowest BCUT2D eigenvalue weighted by Gasteiger charge is -2.35. The summed E-state index contributed by atoms with van der Waals surface area (Å²) in [5.74, 6) is 0.934. The van der Waals surface area contributed by atoms with Crippen molar-refractivity contribution in [3.8, 4) is 0 Å². The van der Waals surface area contributed by atoms with Crippen molar-refractivity contribution in [1.29, 1.82) is 0 Å². The van der Waals surface area contributed by atoms with E-state index in [1.54, 1.807) is 0 Å². The maximum Gasteiger partial charge on any atom is 0.251 e. The van der Waals surface area contributed by atoms with Crippen LogP contribution in [-0.2, 0) is 6.42 Å². The highest BCUT2D eigenvalue weighted by atomic mass is 16.1. The topological polar surface area (TPSA) is 68.8 Å². The molecule has 6 nitrogen and oxygen atoms in total. The average molecular weight is 476 g/mol. The number of piperazine rings is 1. The number of nitrogens with one attached hydrogen (secondary N) is 3. The largest absolute Gasteiger partial charge is 0.352 e. The molecule has 1 aliphatic heterocycles. The summed E-state index contributed by atoms with van der Waals surface area (Å²) in [4.78, 5) is 20.2. The van der Waals surface area contributed by atoms with Gasteiger partial charge in [0, 0.05) is 43.5 Å². The van der Waals surface area contributed by atoms with Crippen LogP contribution in [0.3, 0.4) is 0 Å². The summed E-state index contributed by atoms with van der Waals surface area (Å²) in [6, 6.07) is 15.1. The molecule has 0 radical (unpaired) electrons. The lowest BCUT2D eigenvalue weighted by molar-refractivity contribution is 0.0954. The molecule has 35 heavy (non-hydrogen) atoms. The zero-order valence-corrected chi connectivity index (χ0v) is 21.6. The van der Waals surface area contributed by atoms with Gasteiger partial charge >= 0.3 is 0 Å². The molecule has 0 unspecified atom stereocenters. The Morgan fingerprint density at radius 2 is 1.86 bits per heavy atom. The predicted molar refractivity (Wildman–Crippen MR) is 145 cm³/mol. The average Bonchev–Trinajstić information content (AvgIpc) is 2.86. The van der Waals surface area contributed by atoms with E-state index in [1.807, 2.05) is 24.3 Å². The molecule has 1 saturated heterocycles. The van der Waals surface area contributed by atoms with Crippen molar-refractivity contribution >= 4 is 17.6 Å². The minimum absolute atomic E-state index is 0.0339. The van der Waals surface area contributed by atoms with Gasteiger partial charge < -0.3 is 20.9 Å². The third-order valence-electron chi connectivity index (χ3n) is 7.13. The molecule has 4 rings (SSSR count). The van der Waals surface area contributed by atoms with Gasteiger partial charge in [-0.15, -0.1) is 0 Å². The van der Waals surface area contributed by atoms with E-state index in [0.29, 0.717) is 24.2 Å². The Kier molecular flexibility index (Phi) is 8.80. The summed E-state index contributed by atoms with van der Waals surface area (Å²) in [6.07, 6.45) is 7.05. The first-order valence-electron chi connectivity index (χ1n) is 13.3. The third kappa shape index (κ3) is 7.31. The zero-order valence-electron chi connectivity index (χ0n) is 21.6. The van der Waals surface area contributed by atoms with Crippen molar-refractivity contribution in [2.45, 2.75) is 71.4 Å². The van der Waals surface area contributed by atoms with Crippen LogP contribution in [0.15, 0.2) is 47.5 Å². The predicted octanol–water partition coefficient (Wildman–Crippen LogP) is 4.67. The zero-order chi connectivity index (χ0) is 24.6. The van der Waals surface area contributed by atoms with Gasteiger partial charge in [0.05, 0.1) is 6.04 Å². The number of benzene rings is 2. The molecule has 2 aromatic rings. The fourth-order valence-corrected chi connectivity index (χ4v) is 5.07. The molecule has 1 saturated carbocycles. The summed E-state index contributed by atoms with van der Waals surface area (Å²) in [6.45, 7) is 9.94. The van der Waals surface area contributed by atoms with E-state index in [2.05, 4.69) is 59.8 Å². The van der Waals surface area contributed by atoms with E-state index in [1.165, 1.54) is 48.8 Å². The van der Waals surface area contributed by atoms with Crippen molar-refractivity contribution in [2.24, 2.45) is 4.99 Å². The number of rotatable bonds is 6. The summed E-state index contributed by atoms with van der Waals surface area (Å²) < 4.78 is 0. The van der Waals surface area contributed by atoms with Crippen molar-refractivity contribution in [3.63, 3.8) is 0 Å². The Balaban J connectivity index is 1.36. The lowest BCUT2D eigenvalue weighted by Crippen LogP contribution is -2.53. The quantitative estimate of drug-likeness (QED) is 0.420. The second-order valence-corrected chi connectivity index (χ2v) is 10.2. The Morgan fingerprint density at radius 1 is 1.09 bits per heavy atom. The molecule has 2 aromatic carbocycles. The molecular weight excluding hydrogens is 434 g/mol. The first-order chi connectivity index (χ1) is 17.0. The Labute approximate surface area is 210 Å². The van der Waals surface area contributed by atoms with Crippen molar-refractivity contribution in [1.82, 2.24) is 15.5 Å². The fraction of sp³-hybridized carbons (Fsp3) is 0.517.